The van der Waals surface area contributed by atoms with Crippen molar-refractivity contribution in [2.45, 2.75) is 0 Å². The van der Waals surface area contributed by atoms with Crippen molar-refractivity contribution in [1.29, 1.82) is 0 Å². The highest BCUT2D eigenvalue weighted by atomic mass is 32.2. The number of carbonyl (C=O) groups excluding carboxylic acids is 1. The van der Waals surface area contributed by atoms with Crippen LogP contribution in [0.2, 0.25) is 0 Å². The van der Waals surface area contributed by atoms with Gasteiger partial charge in [0.15, 0.2) is 0 Å². The Labute approximate surface area is 80.1 Å². The first kappa shape index (κ1) is 10.1. The lowest BCUT2D eigenvalue weighted by molar-refractivity contribution is 0.0879. The van der Waals surface area contributed by atoms with E-state index in [1.165, 1.54) is 29.3 Å². The van der Waals surface area contributed by atoms with Crippen molar-refractivity contribution in [2.24, 2.45) is 0 Å². The van der Waals surface area contributed by atoms with E-state index < -0.39 is 15.9 Å². The third kappa shape index (κ3) is 2.25. The van der Waals surface area contributed by atoms with Crippen LogP contribution in [-0.2, 0) is 10.0 Å². The van der Waals surface area contributed by atoms with Gasteiger partial charge in [-0.1, -0.05) is 0 Å². The van der Waals surface area contributed by atoms with Crippen molar-refractivity contribution in [3.63, 3.8) is 0 Å². The van der Waals surface area contributed by atoms with E-state index in [0.717, 1.165) is 6.26 Å². The second kappa shape index (κ2) is 3.43. The molecular formula is C6H8N2O3S2. The molecule has 0 atom stereocenters. The van der Waals surface area contributed by atoms with Gasteiger partial charge in [0.1, 0.15) is 5.69 Å². The standard InChI is InChI=1S/C6H8N2O3S2/c1-8(13(2,10)11)6(9)5-3-12-4-7-5/h3-4H,1-2H3. The molecule has 1 rings (SSSR count). The fourth-order valence-electron chi connectivity index (χ4n) is 0.630. The van der Waals surface area contributed by atoms with Crippen molar-refractivity contribution in [3.8, 4) is 0 Å². The van der Waals surface area contributed by atoms with Crippen LogP contribution in [0.1, 0.15) is 10.5 Å². The van der Waals surface area contributed by atoms with E-state index >= 15 is 0 Å². The fourth-order valence-corrected chi connectivity index (χ4v) is 1.55. The Morgan fingerprint density at radius 3 is 2.62 bits per heavy atom. The summed E-state index contributed by atoms with van der Waals surface area (Å²) in [5, 5.41) is 1.50. The number of nitrogens with zero attached hydrogens (tertiary/aromatic N) is 2. The Kier molecular flexibility index (Phi) is 2.67. The van der Waals surface area contributed by atoms with Crippen LogP contribution < -0.4 is 0 Å². The zero-order valence-electron chi connectivity index (χ0n) is 7.09. The van der Waals surface area contributed by atoms with E-state index in [0.29, 0.717) is 4.31 Å². The van der Waals surface area contributed by atoms with Gasteiger partial charge >= 0.3 is 0 Å². The Bertz CT molecular complexity index is 396. The largest absolute Gasteiger partial charge is 0.286 e. The summed E-state index contributed by atoms with van der Waals surface area (Å²) in [6.07, 6.45) is 0.970. The van der Waals surface area contributed by atoms with Gasteiger partial charge in [0.25, 0.3) is 5.91 Å². The van der Waals surface area contributed by atoms with Crippen LogP contribution in [0.4, 0.5) is 0 Å². The smallest absolute Gasteiger partial charge is 0.266 e. The lowest BCUT2D eigenvalue weighted by Crippen LogP contribution is -2.32. The van der Waals surface area contributed by atoms with Crippen molar-refractivity contribution in [1.82, 2.24) is 9.29 Å². The summed E-state index contributed by atoms with van der Waals surface area (Å²) in [5.74, 6) is -0.608. The summed E-state index contributed by atoms with van der Waals surface area (Å²) in [4.78, 5) is 15.1. The van der Waals surface area contributed by atoms with E-state index in [1.807, 2.05) is 0 Å². The summed E-state index contributed by atoms with van der Waals surface area (Å²) in [7, 11) is -2.27. The first-order valence-electron chi connectivity index (χ1n) is 3.29. The molecule has 0 saturated heterocycles. The molecule has 0 aliphatic heterocycles. The normalized spacial score (nSPS) is 11.2. The average molecular weight is 220 g/mol. The number of carbonyl (C=O) groups is 1. The van der Waals surface area contributed by atoms with Gasteiger partial charge in [-0.05, 0) is 0 Å². The predicted octanol–water partition coefficient (Wildman–Crippen LogP) is 0.175. The first-order valence-corrected chi connectivity index (χ1v) is 6.08. The second-order valence-corrected chi connectivity index (χ2v) is 5.14. The maximum absolute atomic E-state index is 11.3. The molecule has 0 radical (unpaired) electrons. The molecule has 0 fully saturated rings. The van der Waals surface area contributed by atoms with Crippen LogP contribution in [0.15, 0.2) is 10.9 Å². The van der Waals surface area contributed by atoms with Gasteiger partial charge in [-0.15, -0.1) is 11.3 Å². The van der Waals surface area contributed by atoms with Gasteiger partial charge in [-0.3, -0.25) is 4.79 Å². The minimum absolute atomic E-state index is 0.151. The van der Waals surface area contributed by atoms with E-state index in [-0.39, 0.29) is 5.69 Å². The maximum Gasteiger partial charge on any atom is 0.286 e. The molecule has 1 heterocycles. The van der Waals surface area contributed by atoms with Gasteiger partial charge in [-0.25, -0.2) is 17.7 Å². The second-order valence-electron chi connectivity index (χ2n) is 2.41. The molecule has 0 aliphatic rings. The van der Waals surface area contributed by atoms with E-state index in [9.17, 15) is 13.2 Å². The highest BCUT2D eigenvalue weighted by Crippen LogP contribution is 2.06. The Hall–Kier alpha value is -0.950. The Balaban J connectivity index is 2.94. The molecule has 1 aromatic heterocycles. The summed E-state index contributed by atoms with van der Waals surface area (Å²) in [5.41, 5.74) is 1.63. The first-order chi connectivity index (χ1) is 5.93. The topological polar surface area (TPSA) is 67.3 Å². The number of aromatic nitrogens is 1. The highest BCUT2D eigenvalue weighted by molar-refractivity contribution is 7.88. The van der Waals surface area contributed by atoms with Gasteiger partial charge in [-0.2, -0.15) is 0 Å². The van der Waals surface area contributed by atoms with Crippen molar-refractivity contribution < 1.29 is 13.2 Å². The summed E-state index contributed by atoms with van der Waals surface area (Å²) in [6, 6.07) is 0. The minimum atomic E-state index is -3.48. The molecule has 0 unspecified atom stereocenters. The fraction of sp³-hybridized carbons (Fsp3) is 0.333. The monoisotopic (exact) mass is 220 g/mol. The average Bonchev–Trinajstić information content (AvgIpc) is 2.51. The number of sulfonamides is 1. The van der Waals surface area contributed by atoms with Gasteiger partial charge in [0.2, 0.25) is 10.0 Å². The Morgan fingerprint density at radius 1 is 1.62 bits per heavy atom. The number of rotatable bonds is 2. The molecule has 0 aliphatic carbocycles. The van der Waals surface area contributed by atoms with Crippen molar-refractivity contribution in [2.75, 3.05) is 13.3 Å². The lowest BCUT2D eigenvalue weighted by atomic mass is 10.5. The summed E-state index contributed by atoms with van der Waals surface area (Å²) < 4.78 is 22.6. The van der Waals surface area contributed by atoms with E-state index in [2.05, 4.69) is 4.98 Å². The molecule has 7 heteroatoms. The molecule has 1 aromatic rings. The van der Waals surface area contributed by atoms with E-state index in [4.69, 9.17) is 0 Å². The molecule has 13 heavy (non-hydrogen) atoms. The van der Waals surface area contributed by atoms with Crippen molar-refractivity contribution >= 4 is 27.3 Å². The van der Waals surface area contributed by atoms with Gasteiger partial charge in [0.05, 0.1) is 11.8 Å². The number of hydrogen-bond acceptors (Lipinski definition) is 5. The lowest BCUT2D eigenvalue weighted by Gasteiger charge is -2.12. The maximum atomic E-state index is 11.3. The third-order valence-electron chi connectivity index (χ3n) is 1.43. The number of thiazole rings is 1. The molecular weight excluding hydrogens is 212 g/mol. The molecule has 5 nitrogen and oxygen atoms in total. The zero-order chi connectivity index (χ0) is 10.1. The minimum Gasteiger partial charge on any atom is -0.266 e. The van der Waals surface area contributed by atoms with Crippen LogP contribution in [0.3, 0.4) is 0 Å². The van der Waals surface area contributed by atoms with Crippen LogP contribution in [0.5, 0.6) is 0 Å². The molecule has 0 bridgehead atoms. The molecule has 0 N–H and O–H groups in total. The molecule has 72 valence electrons. The summed E-state index contributed by atoms with van der Waals surface area (Å²) in [6.45, 7) is 0. The Morgan fingerprint density at radius 2 is 2.23 bits per heavy atom. The number of amides is 1. The van der Waals surface area contributed by atoms with Crippen molar-refractivity contribution in [3.05, 3.63) is 16.6 Å². The third-order valence-corrected chi connectivity index (χ3v) is 3.18. The van der Waals surface area contributed by atoms with Crippen LogP contribution in [0.25, 0.3) is 0 Å². The highest BCUT2D eigenvalue weighted by Gasteiger charge is 2.20. The quantitative estimate of drug-likeness (QED) is 0.712. The van der Waals surface area contributed by atoms with Crippen LogP contribution >= 0.6 is 11.3 Å². The number of hydrogen-bond donors (Lipinski definition) is 0. The zero-order valence-corrected chi connectivity index (χ0v) is 8.72. The van der Waals surface area contributed by atoms with Gasteiger partial charge < -0.3 is 0 Å². The van der Waals surface area contributed by atoms with Gasteiger partial charge in [0, 0.05) is 12.4 Å². The SMILES string of the molecule is CN(C(=O)c1cscn1)S(C)(=O)=O. The summed E-state index contributed by atoms with van der Waals surface area (Å²) >= 11 is 1.24. The van der Waals surface area contributed by atoms with Crippen LogP contribution in [0, 0.1) is 0 Å². The molecule has 0 aromatic carbocycles. The van der Waals surface area contributed by atoms with E-state index in [1.54, 1.807) is 0 Å². The molecule has 0 spiro atoms. The molecule has 1 amide bonds. The van der Waals surface area contributed by atoms with Crippen LogP contribution in [-0.4, -0.2) is 36.9 Å². The molecule has 0 saturated carbocycles. The predicted molar refractivity (Wildman–Crippen MR) is 49.1 cm³/mol.